The first kappa shape index (κ1) is 12.0. The van der Waals surface area contributed by atoms with E-state index in [2.05, 4.69) is 19.2 Å². The van der Waals surface area contributed by atoms with Crippen molar-refractivity contribution >= 4 is 0 Å². The van der Waals surface area contributed by atoms with Gasteiger partial charge in [0.15, 0.2) is 0 Å². The molecule has 1 atom stereocenters. The monoisotopic (exact) mass is 199 g/mol. The Morgan fingerprint density at radius 1 is 1.29 bits per heavy atom. The highest BCUT2D eigenvalue weighted by Crippen LogP contribution is 2.10. The Balaban J connectivity index is 1.87. The SMILES string of the molecule is CC(C)CCOCC[C@H]1CCCCN1. The zero-order valence-electron chi connectivity index (χ0n) is 9.72. The highest BCUT2D eigenvalue weighted by Gasteiger charge is 2.11. The van der Waals surface area contributed by atoms with Crippen LogP contribution in [0.1, 0.15) is 46.0 Å². The average molecular weight is 199 g/mol. The van der Waals surface area contributed by atoms with Gasteiger partial charge in [0.25, 0.3) is 0 Å². The zero-order valence-corrected chi connectivity index (χ0v) is 9.72. The molecule has 0 aromatic carbocycles. The van der Waals surface area contributed by atoms with Crippen molar-refractivity contribution < 1.29 is 4.74 Å². The summed E-state index contributed by atoms with van der Waals surface area (Å²) in [6, 6.07) is 0.725. The van der Waals surface area contributed by atoms with Gasteiger partial charge in [0, 0.05) is 19.3 Å². The molecule has 0 spiro atoms. The summed E-state index contributed by atoms with van der Waals surface area (Å²) >= 11 is 0. The molecule has 1 saturated heterocycles. The van der Waals surface area contributed by atoms with E-state index >= 15 is 0 Å². The standard InChI is InChI=1S/C12H25NO/c1-11(2)6-9-14-10-7-12-5-3-4-8-13-12/h11-13H,3-10H2,1-2H3/t12-/m1/s1. The lowest BCUT2D eigenvalue weighted by Gasteiger charge is -2.23. The molecule has 1 rings (SSSR count). The van der Waals surface area contributed by atoms with Crippen molar-refractivity contribution in [3.63, 3.8) is 0 Å². The summed E-state index contributed by atoms with van der Waals surface area (Å²) in [5.74, 6) is 0.766. The summed E-state index contributed by atoms with van der Waals surface area (Å²) in [5, 5.41) is 3.54. The lowest BCUT2D eigenvalue weighted by atomic mass is 10.0. The molecule has 1 aliphatic rings. The van der Waals surface area contributed by atoms with E-state index in [0.717, 1.165) is 25.2 Å². The van der Waals surface area contributed by atoms with Crippen molar-refractivity contribution in [1.29, 1.82) is 0 Å². The van der Waals surface area contributed by atoms with Gasteiger partial charge in [-0.25, -0.2) is 0 Å². The Bertz CT molecular complexity index is 130. The van der Waals surface area contributed by atoms with Gasteiger partial charge >= 0.3 is 0 Å². The molecule has 1 fully saturated rings. The first-order chi connectivity index (χ1) is 6.79. The number of rotatable bonds is 6. The third kappa shape index (κ3) is 5.61. The van der Waals surface area contributed by atoms with Crippen LogP contribution < -0.4 is 5.32 Å². The van der Waals surface area contributed by atoms with E-state index in [1.165, 1.54) is 38.6 Å². The van der Waals surface area contributed by atoms with Crippen LogP contribution in [0.5, 0.6) is 0 Å². The second-order valence-corrected chi connectivity index (χ2v) is 4.73. The van der Waals surface area contributed by atoms with Crippen LogP contribution in [0.3, 0.4) is 0 Å². The molecule has 1 heterocycles. The molecule has 2 nitrogen and oxygen atoms in total. The highest BCUT2D eigenvalue weighted by molar-refractivity contribution is 4.71. The van der Waals surface area contributed by atoms with Gasteiger partial charge in [-0.1, -0.05) is 20.3 Å². The van der Waals surface area contributed by atoms with Crippen LogP contribution in [0.4, 0.5) is 0 Å². The number of hydrogen-bond acceptors (Lipinski definition) is 2. The molecule has 84 valence electrons. The smallest absolute Gasteiger partial charge is 0.0480 e. The molecule has 0 unspecified atom stereocenters. The van der Waals surface area contributed by atoms with Crippen LogP contribution in [0, 0.1) is 5.92 Å². The number of ether oxygens (including phenoxy) is 1. The first-order valence-corrected chi connectivity index (χ1v) is 6.10. The number of piperidine rings is 1. The lowest BCUT2D eigenvalue weighted by Crippen LogP contribution is -2.34. The molecule has 0 saturated carbocycles. The molecule has 0 amide bonds. The van der Waals surface area contributed by atoms with E-state index in [4.69, 9.17) is 4.74 Å². The second-order valence-electron chi connectivity index (χ2n) is 4.73. The normalized spacial score (nSPS) is 22.9. The minimum Gasteiger partial charge on any atom is -0.381 e. The largest absolute Gasteiger partial charge is 0.381 e. The fraction of sp³-hybridized carbons (Fsp3) is 1.00. The predicted octanol–water partition coefficient (Wildman–Crippen LogP) is 2.58. The molecule has 0 radical (unpaired) electrons. The Morgan fingerprint density at radius 2 is 2.14 bits per heavy atom. The van der Waals surface area contributed by atoms with Crippen molar-refractivity contribution in [2.75, 3.05) is 19.8 Å². The van der Waals surface area contributed by atoms with E-state index in [0.29, 0.717) is 0 Å². The molecule has 14 heavy (non-hydrogen) atoms. The highest BCUT2D eigenvalue weighted by atomic mass is 16.5. The zero-order chi connectivity index (χ0) is 10.2. The quantitative estimate of drug-likeness (QED) is 0.664. The van der Waals surface area contributed by atoms with Gasteiger partial charge in [0.2, 0.25) is 0 Å². The van der Waals surface area contributed by atoms with Crippen LogP contribution in [0.15, 0.2) is 0 Å². The minimum absolute atomic E-state index is 0.725. The fourth-order valence-electron chi connectivity index (χ4n) is 1.82. The van der Waals surface area contributed by atoms with Gasteiger partial charge in [-0.3, -0.25) is 0 Å². The van der Waals surface area contributed by atoms with Crippen molar-refractivity contribution in [1.82, 2.24) is 5.32 Å². The van der Waals surface area contributed by atoms with Gasteiger partial charge in [0.05, 0.1) is 0 Å². The van der Waals surface area contributed by atoms with E-state index in [-0.39, 0.29) is 0 Å². The number of hydrogen-bond donors (Lipinski definition) is 1. The average Bonchev–Trinajstić information content (AvgIpc) is 2.18. The Morgan fingerprint density at radius 3 is 2.79 bits per heavy atom. The molecular formula is C12H25NO. The van der Waals surface area contributed by atoms with Crippen LogP contribution in [0.25, 0.3) is 0 Å². The fourth-order valence-corrected chi connectivity index (χ4v) is 1.82. The van der Waals surface area contributed by atoms with E-state index in [9.17, 15) is 0 Å². The Hall–Kier alpha value is -0.0800. The predicted molar refractivity (Wildman–Crippen MR) is 60.5 cm³/mol. The Kier molecular flexibility index (Phi) is 6.20. The van der Waals surface area contributed by atoms with Gasteiger partial charge in [-0.2, -0.15) is 0 Å². The molecule has 0 aliphatic carbocycles. The van der Waals surface area contributed by atoms with Crippen LogP contribution in [-0.4, -0.2) is 25.8 Å². The molecule has 2 heteroatoms. The summed E-state index contributed by atoms with van der Waals surface area (Å²) < 4.78 is 5.61. The summed E-state index contributed by atoms with van der Waals surface area (Å²) in [4.78, 5) is 0. The summed E-state index contributed by atoms with van der Waals surface area (Å²) in [7, 11) is 0. The van der Waals surface area contributed by atoms with Gasteiger partial charge in [-0.15, -0.1) is 0 Å². The van der Waals surface area contributed by atoms with Gasteiger partial charge < -0.3 is 10.1 Å². The summed E-state index contributed by atoms with van der Waals surface area (Å²) in [6.45, 7) is 7.56. The van der Waals surface area contributed by atoms with Gasteiger partial charge in [-0.05, 0) is 38.1 Å². The summed E-state index contributed by atoms with van der Waals surface area (Å²) in [5.41, 5.74) is 0. The third-order valence-corrected chi connectivity index (χ3v) is 2.86. The maximum absolute atomic E-state index is 5.61. The van der Waals surface area contributed by atoms with Crippen molar-refractivity contribution in [2.45, 2.75) is 52.0 Å². The minimum atomic E-state index is 0.725. The van der Waals surface area contributed by atoms with Crippen molar-refractivity contribution in [3.05, 3.63) is 0 Å². The summed E-state index contributed by atoms with van der Waals surface area (Å²) in [6.07, 6.45) is 6.47. The Labute approximate surface area is 88.4 Å². The molecule has 1 aliphatic heterocycles. The van der Waals surface area contributed by atoms with E-state index in [1.54, 1.807) is 0 Å². The molecule has 1 N–H and O–H groups in total. The molecule has 0 aromatic rings. The van der Waals surface area contributed by atoms with Crippen molar-refractivity contribution in [3.8, 4) is 0 Å². The topological polar surface area (TPSA) is 21.3 Å². The van der Waals surface area contributed by atoms with Gasteiger partial charge in [0.1, 0.15) is 0 Å². The second kappa shape index (κ2) is 7.24. The van der Waals surface area contributed by atoms with Crippen LogP contribution in [0.2, 0.25) is 0 Å². The molecule has 0 bridgehead atoms. The molecular weight excluding hydrogens is 174 g/mol. The lowest BCUT2D eigenvalue weighted by molar-refractivity contribution is 0.111. The van der Waals surface area contributed by atoms with Crippen LogP contribution in [-0.2, 0) is 4.74 Å². The third-order valence-electron chi connectivity index (χ3n) is 2.86. The number of nitrogens with one attached hydrogen (secondary N) is 1. The van der Waals surface area contributed by atoms with Crippen LogP contribution >= 0.6 is 0 Å². The maximum Gasteiger partial charge on any atom is 0.0480 e. The molecule has 0 aromatic heterocycles. The van der Waals surface area contributed by atoms with E-state index in [1.807, 2.05) is 0 Å². The maximum atomic E-state index is 5.61. The van der Waals surface area contributed by atoms with Crippen molar-refractivity contribution in [2.24, 2.45) is 5.92 Å². The first-order valence-electron chi connectivity index (χ1n) is 6.10. The van der Waals surface area contributed by atoms with E-state index < -0.39 is 0 Å².